The van der Waals surface area contributed by atoms with E-state index in [9.17, 15) is 21.6 Å². The van der Waals surface area contributed by atoms with E-state index in [0.717, 1.165) is 16.4 Å². The van der Waals surface area contributed by atoms with E-state index in [1.807, 2.05) is 0 Å². The van der Waals surface area contributed by atoms with Crippen molar-refractivity contribution < 1.29 is 31.1 Å². The van der Waals surface area contributed by atoms with Gasteiger partial charge in [0, 0.05) is 19.7 Å². The van der Waals surface area contributed by atoms with Gasteiger partial charge in [0.1, 0.15) is 16.4 Å². The number of hydrogen-bond acceptors (Lipinski definition) is 4. The molecule has 0 saturated carbocycles. The largest absolute Gasteiger partial charge is 0.497 e. The standard InChI is InChI=1S/C17H18F3NO4S/c1-21(11-12-4-6-13(7-5-12)17(18,19)20)26(22,23)16-10-14(24-2)8-9-15(16)25-3/h4-10H,11H2,1-3H3. The molecular formula is C17H18F3NO4S. The minimum absolute atomic E-state index is 0.0891. The first-order valence-corrected chi connectivity index (χ1v) is 8.88. The van der Waals surface area contributed by atoms with Gasteiger partial charge in [0.25, 0.3) is 0 Å². The smallest absolute Gasteiger partial charge is 0.416 e. The zero-order chi connectivity index (χ0) is 19.5. The Morgan fingerprint density at radius 2 is 1.62 bits per heavy atom. The van der Waals surface area contributed by atoms with Crippen molar-refractivity contribution in [1.82, 2.24) is 4.31 Å². The van der Waals surface area contributed by atoms with Gasteiger partial charge in [0.2, 0.25) is 10.0 Å². The third-order valence-corrected chi connectivity index (χ3v) is 5.57. The zero-order valence-corrected chi connectivity index (χ0v) is 15.2. The van der Waals surface area contributed by atoms with E-state index in [1.165, 1.54) is 45.5 Å². The molecule has 26 heavy (non-hydrogen) atoms. The highest BCUT2D eigenvalue weighted by molar-refractivity contribution is 7.89. The molecule has 2 rings (SSSR count). The second kappa shape index (κ2) is 7.55. The van der Waals surface area contributed by atoms with Crippen LogP contribution in [-0.4, -0.2) is 34.0 Å². The lowest BCUT2D eigenvalue weighted by atomic mass is 10.1. The zero-order valence-electron chi connectivity index (χ0n) is 14.4. The normalized spacial score (nSPS) is 12.3. The Kier molecular flexibility index (Phi) is 5.82. The molecule has 9 heteroatoms. The fourth-order valence-corrected chi connectivity index (χ4v) is 3.62. The topological polar surface area (TPSA) is 55.8 Å². The van der Waals surface area contributed by atoms with Gasteiger partial charge in [-0.25, -0.2) is 8.42 Å². The van der Waals surface area contributed by atoms with Gasteiger partial charge in [-0.3, -0.25) is 0 Å². The fraction of sp³-hybridized carbons (Fsp3) is 0.294. The van der Waals surface area contributed by atoms with Crippen LogP contribution in [0.2, 0.25) is 0 Å². The molecule has 0 aromatic heterocycles. The maximum atomic E-state index is 12.8. The Morgan fingerprint density at radius 3 is 2.12 bits per heavy atom. The van der Waals surface area contributed by atoms with Crippen LogP contribution in [0.1, 0.15) is 11.1 Å². The molecule has 2 aromatic carbocycles. The average molecular weight is 389 g/mol. The highest BCUT2D eigenvalue weighted by Gasteiger charge is 2.30. The number of benzene rings is 2. The fourth-order valence-electron chi connectivity index (χ4n) is 2.29. The Balaban J connectivity index is 2.29. The van der Waals surface area contributed by atoms with E-state index < -0.39 is 21.8 Å². The predicted octanol–water partition coefficient (Wildman–Crippen LogP) is 3.54. The van der Waals surface area contributed by atoms with Gasteiger partial charge in [-0.05, 0) is 29.8 Å². The van der Waals surface area contributed by atoms with E-state index in [-0.39, 0.29) is 17.2 Å². The molecule has 0 unspecified atom stereocenters. The van der Waals surface area contributed by atoms with Crippen LogP contribution >= 0.6 is 0 Å². The number of sulfonamides is 1. The molecule has 5 nitrogen and oxygen atoms in total. The molecule has 142 valence electrons. The highest BCUT2D eigenvalue weighted by Crippen LogP contribution is 2.32. The quantitative estimate of drug-likeness (QED) is 0.758. The monoisotopic (exact) mass is 389 g/mol. The maximum Gasteiger partial charge on any atom is 0.416 e. The number of nitrogens with zero attached hydrogens (tertiary/aromatic N) is 1. The molecular weight excluding hydrogens is 371 g/mol. The molecule has 0 spiro atoms. The van der Waals surface area contributed by atoms with Crippen LogP contribution < -0.4 is 9.47 Å². The lowest BCUT2D eigenvalue weighted by Gasteiger charge is -2.19. The van der Waals surface area contributed by atoms with Crippen LogP contribution in [0.4, 0.5) is 13.2 Å². The Morgan fingerprint density at radius 1 is 1.00 bits per heavy atom. The number of alkyl halides is 3. The number of methoxy groups -OCH3 is 2. The summed E-state index contributed by atoms with van der Waals surface area (Å²) in [5, 5.41) is 0. The van der Waals surface area contributed by atoms with Crippen molar-refractivity contribution in [1.29, 1.82) is 0 Å². The van der Waals surface area contributed by atoms with Gasteiger partial charge in [0.05, 0.1) is 19.8 Å². The number of halogens is 3. The van der Waals surface area contributed by atoms with Gasteiger partial charge in [0.15, 0.2) is 0 Å². The summed E-state index contributed by atoms with van der Waals surface area (Å²) in [5.74, 6) is 0.484. The lowest BCUT2D eigenvalue weighted by molar-refractivity contribution is -0.137. The van der Waals surface area contributed by atoms with Crippen molar-refractivity contribution in [2.45, 2.75) is 17.6 Å². The number of hydrogen-bond donors (Lipinski definition) is 0. The van der Waals surface area contributed by atoms with E-state index in [4.69, 9.17) is 9.47 Å². The predicted molar refractivity (Wildman–Crippen MR) is 89.6 cm³/mol. The maximum absolute atomic E-state index is 12.8. The molecule has 0 bridgehead atoms. The molecule has 0 aliphatic heterocycles. The first kappa shape index (κ1) is 20.1. The summed E-state index contributed by atoms with van der Waals surface area (Å²) in [6.45, 7) is -0.0964. The summed E-state index contributed by atoms with van der Waals surface area (Å²) >= 11 is 0. The molecule has 0 radical (unpaired) electrons. The molecule has 0 atom stereocenters. The summed E-state index contributed by atoms with van der Waals surface area (Å²) in [6.07, 6.45) is -4.44. The molecule has 0 aliphatic carbocycles. The Labute approximate surface area is 150 Å². The third-order valence-electron chi connectivity index (χ3n) is 3.75. The van der Waals surface area contributed by atoms with Crippen molar-refractivity contribution in [3.05, 3.63) is 53.6 Å². The van der Waals surface area contributed by atoms with Crippen molar-refractivity contribution in [2.24, 2.45) is 0 Å². The molecule has 0 heterocycles. The van der Waals surface area contributed by atoms with E-state index in [0.29, 0.717) is 11.3 Å². The summed E-state index contributed by atoms with van der Waals surface area (Å²) in [4.78, 5) is -0.0891. The van der Waals surface area contributed by atoms with E-state index >= 15 is 0 Å². The van der Waals surface area contributed by atoms with Gasteiger partial charge in [-0.2, -0.15) is 17.5 Å². The summed E-state index contributed by atoms with van der Waals surface area (Å²) in [7, 11) is 0.145. The summed E-state index contributed by atoms with van der Waals surface area (Å²) in [5.41, 5.74) is -0.368. The first-order valence-electron chi connectivity index (χ1n) is 7.44. The Bertz CT molecular complexity index is 865. The Hall–Kier alpha value is -2.26. The van der Waals surface area contributed by atoms with Crippen LogP contribution in [0.5, 0.6) is 11.5 Å². The van der Waals surface area contributed by atoms with E-state index in [1.54, 1.807) is 6.07 Å². The van der Waals surface area contributed by atoms with Crippen LogP contribution in [0.3, 0.4) is 0 Å². The van der Waals surface area contributed by atoms with E-state index in [2.05, 4.69) is 0 Å². The number of ether oxygens (including phenoxy) is 2. The first-order chi connectivity index (χ1) is 12.1. The second-order valence-corrected chi connectivity index (χ2v) is 7.49. The third kappa shape index (κ3) is 4.28. The van der Waals surface area contributed by atoms with Gasteiger partial charge in [-0.15, -0.1) is 0 Å². The molecule has 0 amide bonds. The van der Waals surface area contributed by atoms with Gasteiger partial charge >= 0.3 is 6.18 Å². The van der Waals surface area contributed by atoms with Crippen molar-refractivity contribution >= 4 is 10.0 Å². The molecule has 0 aliphatic rings. The molecule has 2 aromatic rings. The van der Waals surface area contributed by atoms with Crippen LogP contribution in [0.25, 0.3) is 0 Å². The molecule has 0 saturated heterocycles. The van der Waals surface area contributed by atoms with Gasteiger partial charge in [-0.1, -0.05) is 12.1 Å². The summed E-state index contributed by atoms with van der Waals surface area (Å²) in [6, 6.07) is 8.70. The highest BCUT2D eigenvalue weighted by atomic mass is 32.2. The average Bonchev–Trinajstić information content (AvgIpc) is 2.60. The van der Waals surface area contributed by atoms with Crippen molar-refractivity contribution in [3.63, 3.8) is 0 Å². The van der Waals surface area contributed by atoms with Crippen LogP contribution in [0, 0.1) is 0 Å². The van der Waals surface area contributed by atoms with Crippen molar-refractivity contribution in [2.75, 3.05) is 21.3 Å². The van der Waals surface area contributed by atoms with Crippen molar-refractivity contribution in [3.8, 4) is 11.5 Å². The molecule has 0 N–H and O–H groups in total. The SMILES string of the molecule is COc1ccc(OC)c(S(=O)(=O)N(C)Cc2ccc(C(F)(F)F)cc2)c1. The summed E-state index contributed by atoms with van der Waals surface area (Å²) < 4.78 is 74.7. The lowest BCUT2D eigenvalue weighted by Crippen LogP contribution is -2.27. The van der Waals surface area contributed by atoms with Crippen LogP contribution in [-0.2, 0) is 22.7 Å². The van der Waals surface area contributed by atoms with Crippen LogP contribution in [0.15, 0.2) is 47.4 Å². The molecule has 0 fully saturated rings. The number of rotatable bonds is 6. The minimum atomic E-state index is -4.44. The second-order valence-electron chi connectivity index (χ2n) is 5.47. The minimum Gasteiger partial charge on any atom is -0.497 e. The van der Waals surface area contributed by atoms with Gasteiger partial charge < -0.3 is 9.47 Å².